The van der Waals surface area contributed by atoms with Crippen LogP contribution in [-0.4, -0.2) is 24.2 Å². The summed E-state index contributed by atoms with van der Waals surface area (Å²) < 4.78 is 5.30. The third-order valence-corrected chi connectivity index (χ3v) is 3.50. The number of carbonyl (C=O) groups is 1. The molecule has 0 bridgehead atoms. The average molecular weight is 336 g/mol. The normalized spacial score (nSPS) is 10.8. The molecule has 5 nitrogen and oxygen atoms in total. The highest BCUT2D eigenvalue weighted by Gasteiger charge is 2.10. The topological polar surface area (TPSA) is 82.3 Å². The smallest absolute Gasteiger partial charge is 0.261 e. The maximum absolute atomic E-state index is 12.2. The van der Waals surface area contributed by atoms with Gasteiger partial charge in [-0.05, 0) is 42.7 Å². The molecule has 1 amide bonds. The molecule has 0 fully saturated rings. The lowest BCUT2D eigenvalue weighted by atomic mass is 10.1. The van der Waals surface area contributed by atoms with Gasteiger partial charge >= 0.3 is 0 Å². The van der Waals surface area contributed by atoms with Crippen molar-refractivity contribution in [2.45, 2.75) is 13.3 Å². The standard InChI is InChI=1S/C20H20N2O3/c1-2-25-19-13-16(8-9-18(19)23)12-17(14-21)20(24)22-11-10-15-6-4-3-5-7-15/h3-9,12-13,23H,2,10-11H2,1H3,(H,22,24). The molecule has 0 spiro atoms. The lowest BCUT2D eigenvalue weighted by molar-refractivity contribution is -0.117. The molecule has 0 atom stereocenters. The minimum atomic E-state index is -0.426. The highest BCUT2D eigenvalue weighted by atomic mass is 16.5. The molecule has 2 rings (SSSR count). The number of phenols is 1. The van der Waals surface area contributed by atoms with Crippen LogP contribution in [0.5, 0.6) is 11.5 Å². The second kappa shape index (κ2) is 9.14. The Balaban J connectivity index is 2.02. The van der Waals surface area contributed by atoms with E-state index in [1.54, 1.807) is 12.1 Å². The van der Waals surface area contributed by atoms with Crippen LogP contribution in [0.2, 0.25) is 0 Å². The summed E-state index contributed by atoms with van der Waals surface area (Å²) in [5.74, 6) is -0.0905. The van der Waals surface area contributed by atoms with E-state index in [9.17, 15) is 15.2 Å². The van der Waals surface area contributed by atoms with Crippen LogP contribution in [0.25, 0.3) is 6.08 Å². The number of amides is 1. The Bertz CT molecular complexity index is 792. The number of hydrogen-bond acceptors (Lipinski definition) is 4. The van der Waals surface area contributed by atoms with Gasteiger partial charge in [-0.3, -0.25) is 4.79 Å². The van der Waals surface area contributed by atoms with E-state index in [-0.39, 0.29) is 11.3 Å². The maximum Gasteiger partial charge on any atom is 0.261 e. The number of benzene rings is 2. The van der Waals surface area contributed by atoms with Crippen molar-refractivity contribution in [3.63, 3.8) is 0 Å². The molecule has 5 heteroatoms. The van der Waals surface area contributed by atoms with Crippen molar-refractivity contribution in [1.82, 2.24) is 5.32 Å². The zero-order chi connectivity index (χ0) is 18.1. The van der Waals surface area contributed by atoms with Crippen LogP contribution >= 0.6 is 0 Å². The maximum atomic E-state index is 12.2. The van der Waals surface area contributed by atoms with Crippen molar-refractivity contribution in [2.24, 2.45) is 0 Å². The molecule has 25 heavy (non-hydrogen) atoms. The van der Waals surface area contributed by atoms with E-state index in [0.29, 0.717) is 30.9 Å². The summed E-state index contributed by atoms with van der Waals surface area (Å²) in [5, 5.41) is 21.7. The molecule has 0 radical (unpaired) electrons. The van der Waals surface area contributed by atoms with Crippen molar-refractivity contribution >= 4 is 12.0 Å². The summed E-state index contributed by atoms with van der Waals surface area (Å²) in [6.07, 6.45) is 2.17. The number of nitriles is 1. The van der Waals surface area contributed by atoms with Gasteiger partial charge in [0.05, 0.1) is 6.61 Å². The Morgan fingerprint density at radius 1 is 1.28 bits per heavy atom. The van der Waals surface area contributed by atoms with Crippen molar-refractivity contribution in [2.75, 3.05) is 13.2 Å². The highest BCUT2D eigenvalue weighted by Crippen LogP contribution is 2.27. The van der Waals surface area contributed by atoms with Gasteiger partial charge < -0.3 is 15.2 Å². The van der Waals surface area contributed by atoms with Crippen LogP contribution in [0.3, 0.4) is 0 Å². The summed E-state index contributed by atoms with van der Waals surface area (Å²) in [5.41, 5.74) is 1.72. The summed E-state index contributed by atoms with van der Waals surface area (Å²) >= 11 is 0. The number of phenolic OH excluding ortho intramolecular Hbond substituents is 1. The molecule has 0 heterocycles. The quantitative estimate of drug-likeness (QED) is 0.601. The molecule has 0 saturated heterocycles. The van der Waals surface area contributed by atoms with Crippen LogP contribution in [0.1, 0.15) is 18.1 Å². The van der Waals surface area contributed by atoms with E-state index >= 15 is 0 Å². The molecule has 0 aliphatic carbocycles. The number of nitrogens with one attached hydrogen (secondary N) is 1. The first-order valence-corrected chi connectivity index (χ1v) is 8.03. The lowest BCUT2D eigenvalue weighted by Crippen LogP contribution is -2.26. The number of rotatable bonds is 7. The fourth-order valence-corrected chi connectivity index (χ4v) is 2.27. The third kappa shape index (κ3) is 5.40. The molecule has 2 aromatic rings. The van der Waals surface area contributed by atoms with Gasteiger partial charge in [0.1, 0.15) is 11.6 Å². The fraction of sp³-hybridized carbons (Fsp3) is 0.200. The number of carbonyl (C=O) groups excluding carboxylic acids is 1. The number of ether oxygens (including phenoxy) is 1. The Kier molecular flexibility index (Phi) is 6.61. The molecular formula is C20H20N2O3. The van der Waals surface area contributed by atoms with Crippen LogP contribution < -0.4 is 10.1 Å². The second-order valence-electron chi connectivity index (χ2n) is 5.32. The van der Waals surface area contributed by atoms with E-state index in [1.807, 2.05) is 43.3 Å². The lowest BCUT2D eigenvalue weighted by Gasteiger charge is -2.07. The molecular weight excluding hydrogens is 316 g/mol. The predicted molar refractivity (Wildman–Crippen MR) is 96.0 cm³/mol. The molecule has 0 aliphatic rings. The van der Waals surface area contributed by atoms with Gasteiger partial charge in [0.2, 0.25) is 0 Å². The molecule has 2 N–H and O–H groups in total. The molecule has 2 aromatic carbocycles. The Morgan fingerprint density at radius 3 is 2.72 bits per heavy atom. The van der Waals surface area contributed by atoms with Gasteiger partial charge in [-0.2, -0.15) is 5.26 Å². The Morgan fingerprint density at radius 2 is 2.04 bits per heavy atom. The van der Waals surface area contributed by atoms with Crippen LogP contribution in [0.4, 0.5) is 0 Å². The van der Waals surface area contributed by atoms with E-state index in [2.05, 4.69) is 5.32 Å². The number of hydrogen-bond donors (Lipinski definition) is 2. The van der Waals surface area contributed by atoms with Crippen LogP contribution in [0, 0.1) is 11.3 Å². The van der Waals surface area contributed by atoms with Crippen LogP contribution in [0.15, 0.2) is 54.1 Å². The first-order chi connectivity index (χ1) is 12.1. The zero-order valence-corrected chi connectivity index (χ0v) is 14.0. The van der Waals surface area contributed by atoms with Gasteiger partial charge in [-0.15, -0.1) is 0 Å². The van der Waals surface area contributed by atoms with E-state index in [1.165, 1.54) is 12.1 Å². The molecule has 0 aromatic heterocycles. The molecule has 0 aliphatic heterocycles. The zero-order valence-electron chi connectivity index (χ0n) is 14.0. The highest BCUT2D eigenvalue weighted by molar-refractivity contribution is 6.01. The largest absolute Gasteiger partial charge is 0.504 e. The van der Waals surface area contributed by atoms with Crippen molar-refractivity contribution < 1.29 is 14.6 Å². The van der Waals surface area contributed by atoms with E-state index in [0.717, 1.165) is 5.56 Å². The molecule has 0 saturated carbocycles. The van der Waals surface area contributed by atoms with Crippen LogP contribution in [-0.2, 0) is 11.2 Å². The molecule has 128 valence electrons. The SMILES string of the molecule is CCOc1cc(C=C(C#N)C(=O)NCCc2ccccc2)ccc1O. The van der Waals surface area contributed by atoms with Gasteiger partial charge in [0.15, 0.2) is 11.5 Å². The summed E-state index contributed by atoms with van der Waals surface area (Å²) in [6, 6.07) is 16.4. The average Bonchev–Trinajstić information content (AvgIpc) is 2.63. The third-order valence-electron chi connectivity index (χ3n) is 3.50. The predicted octanol–water partition coefficient (Wildman–Crippen LogP) is 3.06. The van der Waals surface area contributed by atoms with Gasteiger partial charge in [0, 0.05) is 6.54 Å². The fourth-order valence-electron chi connectivity index (χ4n) is 2.27. The summed E-state index contributed by atoms with van der Waals surface area (Å²) in [7, 11) is 0. The van der Waals surface area contributed by atoms with E-state index < -0.39 is 5.91 Å². The minimum absolute atomic E-state index is 0.00111. The summed E-state index contributed by atoms with van der Waals surface area (Å²) in [4.78, 5) is 12.2. The van der Waals surface area contributed by atoms with Gasteiger partial charge in [-0.1, -0.05) is 36.4 Å². The van der Waals surface area contributed by atoms with Crippen molar-refractivity contribution in [1.29, 1.82) is 5.26 Å². The Labute approximate surface area is 147 Å². The van der Waals surface area contributed by atoms with E-state index in [4.69, 9.17) is 4.74 Å². The number of aromatic hydroxyl groups is 1. The summed E-state index contributed by atoms with van der Waals surface area (Å²) in [6.45, 7) is 2.66. The van der Waals surface area contributed by atoms with Crippen molar-refractivity contribution in [3.8, 4) is 17.6 Å². The Hall–Kier alpha value is -3.26. The van der Waals surface area contributed by atoms with Gasteiger partial charge in [-0.25, -0.2) is 0 Å². The monoisotopic (exact) mass is 336 g/mol. The second-order valence-corrected chi connectivity index (χ2v) is 5.32. The first kappa shape index (κ1) is 18.1. The van der Waals surface area contributed by atoms with Crippen molar-refractivity contribution in [3.05, 3.63) is 65.2 Å². The molecule has 0 unspecified atom stereocenters. The minimum Gasteiger partial charge on any atom is -0.504 e. The van der Waals surface area contributed by atoms with Gasteiger partial charge in [0.25, 0.3) is 5.91 Å². The first-order valence-electron chi connectivity index (χ1n) is 8.03. The number of nitrogens with zero attached hydrogens (tertiary/aromatic N) is 1.